The van der Waals surface area contributed by atoms with Crippen LogP contribution in [0.1, 0.15) is 32.1 Å². The Morgan fingerprint density at radius 2 is 1.80 bits per heavy atom. The van der Waals surface area contributed by atoms with E-state index in [9.17, 15) is 0 Å². The van der Waals surface area contributed by atoms with Gasteiger partial charge >= 0.3 is 0 Å². The quantitative estimate of drug-likeness (QED) is 0.672. The zero-order valence-electron chi connectivity index (χ0n) is 9.36. The Morgan fingerprint density at radius 1 is 1.13 bits per heavy atom. The first-order valence-corrected chi connectivity index (χ1v) is 6.50. The highest BCUT2D eigenvalue weighted by atomic mass is 15.0. The lowest BCUT2D eigenvalue weighted by molar-refractivity contribution is 0.389. The highest BCUT2D eigenvalue weighted by Gasteiger charge is 2.41. The third kappa shape index (κ3) is 2.43. The molecule has 0 aromatic heterocycles. The van der Waals surface area contributed by atoms with Crippen molar-refractivity contribution in [3.63, 3.8) is 0 Å². The normalized spacial score (nSPS) is 35.3. The van der Waals surface area contributed by atoms with Crippen LogP contribution in [-0.2, 0) is 0 Å². The molecule has 0 radical (unpaired) electrons. The molecule has 0 aromatic rings. The molecule has 2 atom stereocenters. The van der Waals surface area contributed by atoms with Crippen molar-refractivity contribution in [1.29, 1.82) is 0 Å². The van der Waals surface area contributed by atoms with Gasteiger partial charge in [-0.1, -0.05) is 12.2 Å². The lowest BCUT2D eigenvalue weighted by Gasteiger charge is -2.20. The van der Waals surface area contributed by atoms with Crippen LogP contribution in [0.5, 0.6) is 0 Å². The third-order valence-electron chi connectivity index (χ3n) is 4.08. The molecule has 3 N–H and O–H groups in total. The van der Waals surface area contributed by atoms with Crippen LogP contribution in [0.3, 0.4) is 0 Å². The fourth-order valence-electron chi connectivity index (χ4n) is 2.87. The molecule has 15 heavy (non-hydrogen) atoms. The van der Waals surface area contributed by atoms with Crippen molar-refractivity contribution < 1.29 is 0 Å². The van der Waals surface area contributed by atoms with E-state index in [1.807, 2.05) is 0 Å². The van der Waals surface area contributed by atoms with Crippen molar-refractivity contribution in [3.05, 3.63) is 12.2 Å². The average molecular weight is 206 g/mol. The minimum atomic E-state index is 0.317. The Morgan fingerprint density at radius 3 is 2.27 bits per heavy atom. The topological polar surface area (TPSA) is 38.0 Å². The molecule has 3 aliphatic rings. The smallest absolute Gasteiger partial charge is 0.0229 e. The van der Waals surface area contributed by atoms with E-state index >= 15 is 0 Å². The van der Waals surface area contributed by atoms with Gasteiger partial charge in [0.2, 0.25) is 0 Å². The lowest BCUT2D eigenvalue weighted by Crippen LogP contribution is -2.36. The molecule has 2 fully saturated rings. The second kappa shape index (κ2) is 3.91. The fraction of sp³-hybridized carbons (Fsp3) is 0.846. The molecular weight excluding hydrogens is 184 g/mol. The van der Waals surface area contributed by atoms with Crippen molar-refractivity contribution in [2.24, 2.45) is 23.5 Å². The molecule has 0 amide bonds. The molecule has 0 aliphatic heterocycles. The molecule has 0 saturated heterocycles. The number of hydrogen-bond donors (Lipinski definition) is 2. The van der Waals surface area contributed by atoms with Crippen molar-refractivity contribution >= 4 is 0 Å². The molecule has 2 saturated carbocycles. The van der Waals surface area contributed by atoms with Crippen molar-refractivity contribution in [1.82, 2.24) is 5.32 Å². The predicted molar refractivity (Wildman–Crippen MR) is 62.5 cm³/mol. The number of hydrogen-bond acceptors (Lipinski definition) is 2. The maximum atomic E-state index is 5.86. The van der Waals surface area contributed by atoms with Gasteiger partial charge in [-0.05, 0) is 49.9 Å². The zero-order valence-corrected chi connectivity index (χ0v) is 9.36. The molecule has 2 nitrogen and oxygen atoms in total. The van der Waals surface area contributed by atoms with Crippen molar-refractivity contribution in [2.45, 2.75) is 44.2 Å². The van der Waals surface area contributed by atoms with Gasteiger partial charge in [0, 0.05) is 18.6 Å². The maximum Gasteiger partial charge on any atom is 0.0229 e. The van der Waals surface area contributed by atoms with Gasteiger partial charge in [-0.25, -0.2) is 0 Å². The Kier molecular flexibility index (Phi) is 2.57. The van der Waals surface area contributed by atoms with Gasteiger partial charge in [0.25, 0.3) is 0 Å². The summed E-state index contributed by atoms with van der Waals surface area (Å²) < 4.78 is 0. The lowest BCUT2D eigenvalue weighted by atomic mass is 10.0. The Balaban J connectivity index is 1.45. The predicted octanol–water partition coefficient (Wildman–Crippen LogP) is 1.67. The summed E-state index contributed by atoms with van der Waals surface area (Å²) in [6.07, 6.45) is 11.5. The van der Waals surface area contributed by atoms with Gasteiger partial charge in [-0.15, -0.1) is 0 Å². The summed E-state index contributed by atoms with van der Waals surface area (Å²) in [7, 11) is 0. The highest BCUT2D eigenvalue weighted by Crippen LogP contribution is 2.44. The molecule has 84 valence electrons. The Bertz CT molecular complexity index is 241. The number of nitrogens with one attached hydrogen (secondary N) is 1. The Labute approximate surface area is 92.3 Å². The van der Waals surface area contributed by atoms with Crippen LogP contribution < -0.4 is 11.1 Å². The SMILES string of the molecule is NC1C=CC(CNC(C2CC2)C2CC2)C1. The van der Waals surface area contributed by atoms with Crippen LogP contribution in [0, 0.1) is 17.8 Å². The van der Waals surface area contributed by atoms with Gasteiger partial charge in [0.05, 0.1) is 0 Å². The van der Waals surface area contributed by atoms with Crippen molar-refractivity contribution in [2.75, 3.05) is 6.54 Å². The van der Waals surface area contributed by atoms with E-state index in [4.69, 9.17) is 5.73 Å². The van der Waals surface area contributed by atoms with Gasteiger partial charge < -0.3 is 11.1 Å². The summed E-state index contributed by atoms with van der Waals surface area (Å²) >= 11 is 0. The second-order valence-corrected chi connectivity index (χ2v) is 5.65. The standard InChI is InChI=1S/C13H22N2/c14-12-6-1-9(7-12)8-15-13(10-2-3-10)11-4-5-11/h1,6,9-13,15H,2-5,7-8,14H2. The monoisotopic (exact) mass is 206 g/mol. The van der Waals surface area contributed by atoms with Crippen molar-refractivity contribution in [3.8, 4) is 0 Å². The van der Waals surface area contributed by atoms with E-state index < -0.39 is 0 Å². The molecule has 0 bridgehead atoms. The molecule has 3 rings (SSSR count). The molecular formula is C13H22N2. The molecule has 0 aromatic carbocycles. The summed E-state index contributed by atoms with van der Waals surface area (Å²) in [5.41, 5.74) is 5.86. The zero-order chi connectivity index (χ0) is 10.3. The molecule has 2 unspecified atom stereocenters. The second-order valence-electron chi connectivity index (χ2n) is 5.65. The molecule has 3 aliphatic carbocycles. The van der Waals surface area contributed by atoms with Gasteiger partial charge in [0.1, 0.15) is 0 Å². The van der Waals surface area contributed by atoms with Crippen LogP contribution >= 0.6 is 0 Å². The maximum absolute atomic E-state index is 5.86. The summed E-state index contributed by atoms with van der Waals surface area (Å²) in [4.78, 5) is 0. The molecule has 0 spiro atoms. The minimum Gasteiger partial charge on any atom is -0.324 e. The summed E-state index contributed by atoms with van der Waals surface area (Å²) in [6, 6.07) is 1.16. The van der Waals surface area contributed by atoms with Crippen LogP contribution in [0.4, 0.5) is 0 Å². The van der Waals surface area contributed by atoms with Crippen LogP contribution in [-0.4, -0.2) is 18.6 Å². The van der Waals surface area contributed by atoms with E-state index in [1.54, 1.807) is 0 Å². The average Bonchev–Trinajstić information content (AvgIpc) is 3.09. The summed E-state index contributed by atoms with van der Waals surface area (Å²) in [5, 5.41) is 3.80. The van der Waals surface area contributed by atoms with Crippen LogP contribution in [0.15, 0.2) is 12.2 Å². The van der Waals surface area contributed by atoms with Gasteiger partial charge in [-0.2, -0.15) is 0 Å². The number of nitrogens with two attached hydrogens (primary N) is 1. The molecule has 0 heterocycles. The van der Waals surface area contributed by atoms with E-state index in [0.717, 1.165) is 30.8 Å². The first-order valence-electron chi connectivity index (χ1n) is 6.50. The fourth-order valence-corrected chi connectivity index (χ4v) is 2.87. The van der Waals surface area contributed by atoms with Crippen LogP contribution in [0.2, 0.25) is 0 Å². The highest BCUT2D eigenvalue weighted by molar-refractivity contribution is 5.06. The first kappa shape index (κ1) is 9.86. The van der Waals surface area contributed by atoms with E-state index in [2.05, 4.69) is 17.5 Å². The summed E-state index contributed by atoms with van der Waals surface area (Å²) in [6.45, 7) is 1.15. The summed E-state index contributed by atoms with van der Waals surface area (Å²) in [5.74, 6) is 2.72. The van der Waals surface area contributed by atoms with E-state index in [0.29, 0.717) is 12.0 Å². The van der Waals surface area contributed by atoms with E-state index in [1.165, 1.54) is 25.7 Å². The van der Waals surface area contributed by atoms with E-state index in [-0.39, 0.29) is 0 Å². The van der Waals surface area contributed by atoms with Crippen LogP contribution in [0.25, 0.3) is 0 Å². The molecule has 2 heteroatoms. The minimum absolute atomic E-state index is 0.317. The van der Waals surface area contributed by atoms with Gasteiger partial charge in [-0.3, -0.25) is 0 Å². The first-order chi connectivity index (χ1) is 7.33. The Hall–Kier alpha value is -0.340. The number of rotatable bonds is 5. The third-order valence-corrected chi connectivity index (χ3v) is 4.08. The largest absolute Gasteiger partial charge is 0.324 e. The van der Waals surface area contributed by atoms with Gasteiger partial charge in [0.15, 0.2) is 0 Å².